The third kappa shape index (κ3) is 4.65. The number of carboxylic acid groups (broad SMARTS) is 1. The maximum atomic E-state index is 10.8. The van der Waals surface area contributed by atoms with Crippen LogP contribution in [-0.4, -0.2) is 41.7 Å². The average Bonchev–Trinajstić information content (AvgIpc) is 2.63. The van der Waals surface area contributed by atoms with Crippen LogP contribution in [0, 0.1) is 0 Å². The van der Waals surface area contributed by atoms with Gasteiger partial charge in [0.25, 0.3) is 0 Å². The Morgan fingerprint density at radius 1 is 1.37 bits per heavy atom. The number of rotatable bonds is 5. The van der Waals surface area contributed by atoms with Gasteiger partial charge in [0.1, 0.15) is 0 Å². The molecule has 2 rings (SSSR count). The van der Waals surface area contributed by atoms with E-state index in [2.05, 4.69) is 34.5 Å². The highest BCUT2D eigenvalue weighted by molar-refractivity contribution is 5.66. The van der Waals surface area contributed by atoms with E-state index in [1.54, 1.807) is 0 Å². The highest BCUT2D eigenvalue weighted by Crippen LogP contribution is 2.14. The molecule has 0 spiro atoms. The van der Waals surface area contributed by atoms with Crippen LogP contribution in [0.15, 0.2) is 30.3 Å². The minimum atomic E-state index is -0.705. The Kier molecular flexibility index (Phi) is 5.36. The van der Waals surface area contributed by atoms with Gasteiger partial charge in [-0.25, -0.2) is 0 Å². The third-order valence-corrected chi connectivity index (χ3v) is 3.62. The lowest BCUT2D eigenvalue weighted by atomic mass is 10.1. The van der Waals surface area contributed by atoms with Gasteiger partial charge in [-0.1, -0.05) is 30.3 Å². The monoisotopic (exact) mass is 262 g/mol. The molecule has 0 bridgehead atoms. The Hall–Kier alpha value is -1.39. The summed E-state index contributed by atoms with van der Waals surface area (Å²) in [7, 11) is 0. The predicted octanol–water partition coefficient (Wildman–Crippen LogP) is 1.72. The van der Waals surface area contributed by atoms with Crippen molar-refractivity contribution in [2.24, 2.45) is 0 Å². The lowest BCUT2D eigenvalue weighted by Gasteiger charge is -2.29. The highest BCUT2D eigenvalue weighted by Gasteiger charge is 2.21. The molecule has 1 fully saturated rings. The summed E-state index contributed by atoms with van der Waals surface area (Å²) in [6.45, 7) is 3.86. The normalized spacial score (nSPS) is 20.9. The Bertz CT molecular complexity index is 394. The second-order valence-corrected chi connectivity index (χ2v) is 5.10. The van der Waals surface area contributed by atoms with E-state index < -0.39 is 5.97 Å². The first-order chi connectivity index (χ1) is 9.25. The molecule has 0 aromatic heterocycles. The maximum absolute atomic E-state index is 10.8. The Labute approximate surface area is 114 Å². The molecule has 1 atom stereocenters. The minimum absolute atomic E-state index is 0.248. The summed E-state index contributed by atoms with van der Waals surface area (Å²) < 4.78 is 0. The molecule has 4 heteroatoms. The van der Waals surface area contributed by atoms with Crippen LogP contribution in [0.4, 0.5) is 0 Å². The molecule has 1 aromatic rings. The van der Waals surface area contributed by atoms with E-state index in [1.807, 2.05) is 6.07 Å². The van der Waals surface area contributed by atoms with Crippen molar-refractivity contribution in [3.05, 3.63) is 35.9 Å². The molecule has 1 aliphatic rings. The smallest absolute Gasteiger partial charge is 0.303 e. The molecule has 1 heterocycles. The summed E-state index contributed by atoms with van der Waals surface area (Å²) in [5, 5.41) is 12.3. The van der Waals surface area contributed by atoms with Crippen LogP contribution < -0.4 is 5.32 Å². The second kappa shape index (κ2) is 7.26. The van der Waals surface area contributed by atoms with Gasteiger partial charge in [-0.05, 0) is 24.9 Å². The SMILES string of the molecule is O=C(O)CCC1CNCCCN1Cc1ccccc1. The Balaban J connectivity index is 1.98. The lowest BCUT2D eigenvalue weighted by molar-refractivity contribution is -0.137. The number of hydrogen-bond donors (Lipinski definition) is 2. The van der Waals surface area contributed by atoms with Crippen molar-refractivity contribution in [3.63, 3.8) is 0 Å². The summed E-state index contributed by atoms with van der Waals surface area (Å²) in [6, 6.07) is 10.7. The lowest BCUT2D eigenvalue weighted by Crippen LogP contribution is -2.39. The minimum Gasteiger partial charge on any atom is -0.481 e. The first kappa shape index (κ1) is 14.0. The zero-order valence-electron chi connectivity index (χ0n) is 11.2. The first-order valence-electron chi connectivity index (χ1n) is 6.96. The van der Waals surface area contributed by atoms with Crippen LogP contribution in [0.1, 0.15) is 24.8 Å². The van der Waals surface area contributed by atoms with Crippen molar-refractivity contribution < 1.29 is 9.90 Å². The van der Waals surface area contributed by atoms with Gasteiger partial charge in [0.15, 0.2) is 0 Å². The zero-order valence-corrected chi connectivity index (χ0v) is 11.2. The second-order valence-electron chi connectivity index (χ2n) is 5.10. The van der Waals surface area contributed by atoms with E-state index in [-0.39, 0.29) is 6.42 Å². The third-order valence-electron chi connectivity index (χ3n) is 3.62. The molecule has 0 radical (unpaired) electrons. The van der Waals surface area contributed by atoms with Gasteiger partial charge in [0, 0.05) is 32.1 Å². The fourth-order valence-corrected chi connectivity index (χ4v) is 2.59. The Morgan fingerprint density at radius 3 is 2.89 bits per heavy atom. The molecule has 1 unspecified atom stereocenters. The number of benzene rings is 1. The summed E-state index contributed by atoms with van der Waals surface area (Å²) in [5.41, 5.74) is 1.30. The molecule has 104 valence electrons. The van der Waals surface area contributed by atoms with E-state index in [9.17, 15) is 4.79 Å². The number of nitrogens with one attached hydrogen (secondary N) is 1. The number of carbonyl (C=O) groups is 1. The van der Waals surface area contributed by atoms with Crippen LogP contribution in [0.3, 0.4) is 0 Å². The van der Waals surface area contributed by atoms with Crippen molar-refractivity contribution >= 4 is 5.97 Å². The molecule has 0 amide bonds. The maximum Gasteiger partial charge on any atom is 0.303 e. The molecule has 1 aromatic carbocycles. The van der Waals surface area contributed by atoms with Crippen molar-refractivity contribution in [1.29, 1.82) is 0 Å². The fourth-order valence-electron chi connectivity index (χ4n) is 2.59. The Morgan fingerprint density at radius 2 is 2.16 bits per heavy atom. The van der Waals surface area contributed by atoms with Gasteiger partial charge in [-0.2, -0.15) is 0 Å². The van der Waals surface area contributed by atoms with Crippen LogP contribution >= 0.6 is 0 Å². The van der Waals surface area contributed by atoms with Gasteiger partial charge in [-0.15, -0.1) is 0 Å². The molecule has 0 saturated carbocycles. The summed E-state index contributed by atoms with van der Waals surface area (Å²) in [6.07, 6.45) is 2.09. The van der Waals surface area contributed by atoms with Crippen LogP contribution in [0.25, 0.3) is 0 Å². The molecular formula is C15H22N2O2. The first-order valence-corrected chi connectivity index (χ1v) is 6.96. The van der Waals surface area contributed by atoms with Crippen molar-refractivity contribution in [1.82, 2.24) is 10.2 Å². The molecule has 4 nitrogen and oxygen atoms in total. The van der Waals surface area contributed by atoms with E-state index in [1.165, 1.54) is 5.56 Å². The van der Waals surface area contributed by atoms with Gasteiger partial charge in [-0.3, -0.25) is 9.69 Å². The topological polar surface area (TPSA) is 52.6 Å². The predicted molar refractivity (Wildman–Crippen MR) is 75.0 cm³/mol. The van der Waals surface area contributed by atoms with Gasteiger partial charge >= 0.3 is 5.97 Å². The number of hydrogen-bond acceptors (Lipinski definition) is 3. The molecule has 0 aliphatic carbocycles. The summed E-state index contributed by atoms with van der Waals surface area (Å²) >= 11 is 0. The molecule has 19 heavy (non-hydrogen) atoms. The van der Waals surface area contributed by atoms with Crippen LogP contribution in [0.5, 0.6) is 0 Å². The molecule has 2 N–H and O–H groups in total. The molecule has 1 saturated heterocycles. The molecule has 1 aliphatic heterocycles. The summed E-state index contributed by atoms with van der Waals surface area (Å²) in [5.74, 6) is -0.705. The standard InChI is InChI=1S/C15H22N2O2/c18-15(19)8-7-14-11-16-9-4-10-17(14)12-13-5-2-1-3-6-13/h1-3,5-6,14,16H,4,7-12H2,(H,18,19). The average molecular weight is 262 g/mol. The quantitative estimate of drug-likeness (QED) is 0.848. The van der Waals surface area contributed by atoms with E-state index in [0.29, 0.717) is 6.04 Å². The van der Waals surface area contributed by atoms with Crippen molar-refractivity contribution in [2.45, 2.75) is 31.8 Å². The van der Waals surface area contributed by atoms with Crippen LogP contribution in [-0.2, 0) is 11.3 Å². The van der Waals surface area contributed by atoms with E-state index in [0.717, 1.165) is 39.0 Å². The number of aliphatic carboxylic acids is 1. The molecular weight excluding hydrogens is 240 g/mol. The van der Waals surface area contributed by atoms with Gasteiger partial charge in [0.2, 0.25) is 0 Å². The van der Waals surface area contributed by atoms with Crippen molar-refractivity contribution in [3.8, 4) is 0 Å². The van der Waals surface area contributed by atoms with Gasteiger partial charge in [0.05, 0.1) is 0 Å². The summed E-state index contributed by atoms with van der Waals surface area (Å²) in [4.78, 5) is 13.2. The van der Waals surface area contributed by atoms with Crippen LogP contribution in [0.2, 0.25) is 0 Å². The highest BCUT2D eigenvalue weighted by atomic mass is 16.4. The van der Waals surface area contributed by atoms with E-state index in [4.69, 9.17) is 5.11 Å². The fraction of sp³-hybridized carbons (Fsp3) is 0.533. The van der Waals surface area contributed by atoms with Crippen molar-refractivity contribution in [2.75, 3.05) is 19.6 Å². The van der Waals surface area contributed by atoms with Gasteiger partial charge < -0.3 is 10.4 Å². The number of nitrogens with zero attached hydrogens (tertiary/aromatic N) is 1. The zero-order chi connectivity index (χ0) is 13.5. The number of carboxylic acids is 1. The van der Waals surface area contributed by atoms with E-state index >= 15 is 0 Å². The largest absolute Gasteiger partial charge is 0.481 e.